The molecule has 0 radical (unpaired) electrons. The van der Waals surface area contributed by atoms with Crippen molar-refractivity contribution in [3.63, 3.8) is 0 Å². The highest BCUT2D eigenvalue weighted by molar-refractivity contribution is 5.70. The molecule has 1 fully saturated rings. The van der Waals surface area contributed by atoms with Gasteiger partial charge in [0.2, 0.25) is 0 Å². The maximum absolute atomic E-state index is 4.16. The minimum atomic E-state index is 0.312. The molecule has 98 valence electrons. The normalized spacial score (nSPS) is 26.8. The van der Waals surface area contributed by atoms with Gasteiger partial charge in [0.05, 0.1) is 0 Å². The third-order valence-corrected chi connectivity index (χ3v) is 3.77. The van der Waals surface area contributed by atoms with Crippen LogP contribution in [0.4, 0.5) is 0 Å². The first-order valence-electron chi connectivity index (χ1n) is 7.08. The van der Waals surface area contributed by atoms with Gasteiger partial charge in [0.15, 0.2) is 0 Å². The number of hydrogen-bond acceptors (Lipinski definition) is 1. The molecule has 0 aliphatic heterocycles. The third-order valence-electron chi connectivity index (χ3n) is 3.77. The second-order valence-corrected chi connectivity index (χ2v) is 4.99. The Morgan fingerprint density at radius 2 is 2.22 bits per heavy atom. The Labute approximate surface area is 112 Å². The number of rotatable bonds is 6. The second-order valence-electron chi connectivity index (χ2n) is 4.99. The van der Waals surface area contributed by atoms with E-state index in [2.05, 4.69) is 44.2 Å². The Balaban J connectivity index is 2.70. The fraction of sp³-hybridized carbons (Fsp3) is 0.588. The quantitative estimate of drug-likeness (QED) is 0.471. The van der Waals surface area contributed by atoms with E-state index in [-0.39, 0.29) is 0 Å². The first-order valence-corrected chi connectivity index (χ1v) is 7.08. The molecule has 2 atom stereocenters. The van der Waals surface area contributed by atoms with Gasteiger partial charge in [0.25, 0.3) is 0 Å². The second kappa shape index (κ2) is 7.21. The number of hydrogen-bond donors (Lipinski definition) is 0. The van der Waals surface area contributed by atoms with Crippen LogP contribution in [0.2, 0.25) is 0 Å². The number of aliphatic imine (C=N–C) groups is 1. The molecule has 18 heavy (non-hydrogen) atoms. The van der Waals surface area contributed by atoms with Gasteiger partial charge in [0, 0.05) is 23.4 Å². The Hall–Kier alpha value is -1.29. The molecule has 1 aliphatic carbocycles. The molecule has 0 amide bonds. The Kier molecular flexibility index (Phi) is 5.92. The molecular formula is C17H25N. The highest BCUT2D eigenvalue weighted by atomic mass is 14.7. The zero-order valence-corrected chi connectivity index (χ0v) is 12.0. The fourth-order valence-electron chi connectivity index (χ4n) is 2.39. The molecule has 0 N–H and O–H groups in total. The van der Waals surface area contributed by atoms with Gasteiger partial charge < -0.3 is 0 Å². The molecule has 1 saturated carbocycles. The molecule has 2 unspecified atom stereocenters. The van der Waals surface area contributed by atoms with Crippen LogP contribution in [0.25, 0.3) is 0 Å². The molecule has 0 bridgehead atoms. The van der Waals surface area contributed by atoms with Gasteiger partial charge in [-0.1, -0.05) is 51.7 Å². The first kappa shape index (κ1) is 14.8. The SMILES string of the molecule is C=CC=N/C=C(/C#CC1(CC)CC1CCC)CC. The lowest BCUT2D eigenvalue weighted by Crippen LogP contribution is -1.98. The van der Waals surface area contributed by atoms with Gasteiger partial charge in [-0.15, -0.1) is 0 Å². The lowest BCUT2D eigenvalue weighted by Gasteiger charge is -2.05. The standard InChI is InChI=1S/C17H25N/c1-5-9-16-13-17(16,8-4)11-10-15(7-3)14-18-12-6-2/h6,12,14,16H,2,5,7-9,13H2,1,3-4H3/b15-14+,18-12?. The number of nitrogens with zero attached hydrogens (tertiary/aromatic N) is 1. The predicted octanol–water partition coefficient (Wildman–Crippen LogP) is 4.76. The van der Waals surface area contributed by atoms with Crippen molar-refractivity contribution in [2.45, 2.75) is 52.9 Å². The highest BCUT2D eigenvalue weighted by Crippen LogP contribution is 2.57. The monoisotopic (exact) mass is 243 g/mol. The van der Waals surface area contributed by atoms with E-state index in [1.807, 2.05) is 6.20 Å². The summed E-state index contributed by atoms with van der Waals surface area (Å²) in [5.74, 6) is 7.68. The van der Waals surface area contributed by atoms with Gasteiger partial charge in [0.1, 0.15) is 0 Å². The van der Waals surface area contributed by atoms with E-state index >= 15 is 0 Å². The zero-order chi connectivity index (χ0) is 13.4. The van der Waals surface area contributed by atoms with Gasteiger partial charge >= 0.3 is 0 Å². The van der Waals surface area contributed by atoms with Crippen molar-refractivity contribution in [3.8, 4) is 11.8 Å². The van der Waals surface area contributed by atoms with E-state index in [1.165, 1.54) is 25.7 Å². The van der Waals surface area contributed by atoms with Crippen LogP contribution in [-0.4, -0.2) is 6.21 Å². The first-order chi connectivity index (χ1) is 8.72. The van der Waals surface area contributed by atoms with Crippen LogP contribution < -0.4 is 0 Å². The van der Waals surface area contributed by atoms with Crippen molar-refractivity contribution in [1.29, 1.82) is 0 Å². The molecule has 0 heterocycles. The third kappa shape index (κ3) is 3.88. The summed E-state index contributed by atoms with van der Waals surface area (Å²) in [6, 6.07) is 0. The van der Waals surface area contributed by atoms with E-state index in [9.17, 15) is 0 Å². The van der Waals surface area contributed by atoms with Crippen LogP contribution in [-0.2, 0) is 0 Å². The van der Waals surface area contributed by atoms with Crippen molar-refractivity contribution in [1.82, 2.24) is 0 Å². The van der Waals surface area contributed by atoms with Crippen molar-refractivity contribution in [2.24, 2.45) is 16.3 Å². The largest absolute Gasteiger partial charge is 0.264 e. The zero-order valence-electron chi connectivity index (χ0n) is 12.0. The van der Waals surface area contributed by atoms with Crippen molar-refractivity contribution in [2.75, 3.05) is 0 Å². The summed E-state index contributed by atoms with van der Waals surface area (Å²) in [5, 5.41) is 0. The van der Waals surface area contributed by atoms with Crippen LogP contribution in [0, 0.1) is 23.2 Å². The van der Waals surface area contributed by atoms with Crippen LogP contribution in [0.5, 0.6) is 0 Å². The smallest absolute Gasteiger partial charge is 0.0383 e. The van der Waals surface area contributed by atoms with E-state index in [0.29, 0.717) is 5.41 Å². The molecule has 0 aromatic heterocycles. The molecule has 0 saturated heterocycles. The summed E-state index contributed by atoms with van der Waals surface area (Å²) in [7, 11) is 0. The topological polar surface area (TPSA) is 12.4 Å². The number of allylic oxidation sites excluding steroid dienone is 2. The highest BCUT2D eigenvalue weighted by Gasteiger charge is 2.50. The fourth-order valence-corrected chi connectivity index (χ4v) is 2.39. The Morgan fingerprint density at radius 1 is 1.44 bits per heavy atom. The molecule has 1 rings (SSSR count). The van der Waals surface area contributed by atoms with E-state index in [1.54, 1.807) is 12.3 Å². The summed E-state index contributed by atoms with van der Waals surface area (Å²) in [5.41, 5.74) is 1.43. The lowest BCUT2D eigenvalue weighted by molar-refractivity contribution is 0.536. The lowest BCUT2D eigenvalue weighted by atomic mass is 9.98. The maximum atomic E-state index is 4.16. The molecule has 0 aromatic carbocycles. The Morgan fingerprint density at radius 3 is 2.78 bits per heavy atom. The summed E-state index contributed by atoms with van der Waals surface area (Å²) in [6.07, 6.45) is 11.2. The van der Waals surface area contributed by atoms with Crippen LogP contribution in [0.1, 0.15) is 52.9 Å². The maximum Gasteiger partial charge on any atom is 0.0383 e. The van der Waals surface area contributed by atoms with Crippen molar-refractivity contribution < 1.29 is 0 Å². The van der Waals surface area contributed by atoms with Crippen molar-refractivity contribution >= 4 is 6.21 Å². The summed E-state index contributed by atoms with van der Waals surface area (Å²) in [6.45, 7) is 10.2. The average molecular weight is 243 g/mol. The molecule has 0 spiro atoms. The van der Waals surface area contributed by atoms with E-state index in [0.717, 1.165) is 17.9 Å². The van der Waals surface area contributed by atoms with Crippen LogP contribution in [0.15, 0.2) is 29.4 Å². The van der Waals surface area contributed by atoms with Gasteiger partial charge in [-0.05, 0) is 31.6 Å². The minimum absolute atomic E-state index is 0.312. The van der Waals surface area contributed by atoms with Gasteiger partial charge in [-0.3, -0.25) is 4.99 Å². The van der Waals surface area contributed by atoms with Crippen LogP contribution in [0.3, 0.4) is 0 Å². The molecular weight excluding hydrogens is 218 g/mol. The van der Waals surface area contributed by atoms with E-state index < -0.39 is 0 Å². The van der Waals surface area contributed by atoms with Crippen molar-refractivity contribution in [3.05, 3.63) is 24.4 Å². The van der Waals surface area contributed by atoms with E-state index in [4.69, 9.17) is 0 Å². The molecule has 1 aliphatic rings. The summed E-state index contributed by atoms with van der Waals surface area (Å²) < 4.78 is 0. The van der Waals surface area contributed by atoms with Crippen LogP contribution >= 0.6 is 0 Å². The average Bonchev–Trinajstić information content (AvgIpc) is 3.08. The minimum Gasteiger partial charge on any atom is -0.264 e. The van der Waals surface area contributed by atoms with Gasteiger partial charge in [-0.25, -0.2) is 0 Å². The summed E-state index contributed by atoms with van der Waals surface area (Å²) >= 11 is 0. The van der Waals surface area contributed by atoms with Gasteiger partial charge in [-0.2, -0.15) is 0 Å². The molecule has 1 nitrogen and oxygen atoms in total. The predicted molar refractivity (Wildman–Crippen MR) is 80.6 cm³/mol. The summed E-state index contributed by atoms with van der Waals surface area (Å²) in [4.78, 5) is 4.16. The molecule has 1 heteroatoms. The molecule has 0 aromatic rings. The Bertz CT molecular complexity index is 392.